The Kier molecular flexibility index (Phi) is 7.64. The van der Waals surface area contributed by atoms with E-state index in [9.17, 15) is 9.59 Å². The van der Waals surface area contributed by atoms with Crippen LogP contribution in [0.5, 0.6) is 0 Å². The minimum atomic E-state index is -0.657. The quantitative estimate of drug-likeness (QED) is 0.237. The van der Waals surface area contributed by atoms with Crippen molar-refractivity contribution < 1.29 is 14.8 Å². The van der Waals surface area contributed by atoms with E-state index in [1.807, 2.05) is 27.7 Å². The number of hydrogen-bond acceptors (Lipinski definition) is 4. The maximum absolute atomic E-state index is 11.9. The van der Waals surface area contributed by atoms with Gasteiger partial charge in [-0.2, -0.15) is 0 Å². The molecule has 0 aromatic carbocycles. The minimum Gasteiger partial charge on any atom is -0.409 e. The average Bonchev–Trinajstić information content (AvgIpc) is 2.32. The smallest absolute Gasteiger partial charge is 0.230 e. The minimum absolute atomic E-state index is 0.108. The van der Waals surface area contributed by atoms with Crippen molar-refractivity contribution in [3.05, 3.63) is 0 Å². The third kappa shape index (κ3) is 7.60. The van der Waals surface area contributed by atoms with E-state index in [0.717, 1.165) is 6.42 Å². The number of hydrogen-bond donors (Lipinski definition) is 4. The van der Waals surface area contributed by atoms with Crippen molar-refractivity contribution in [3.8, 4) is 0 Å². The summed E-state index contributed by atoms with van der Waals surface area (Å²) in [6.45, 7) is 7.79. The Hall–Kier alpha value is -1.79. The number of oxime groups is 1. The van der Waals surface area contributed by atoms with Gasteiger partial charge in [-0.05, 0) is 27.2 Å². The molecule has 0 aromatic heterocycles. The van der Waals surface area contributed by atoms with E-state index >= 15 is 0 Å². The van der Waals surface area contributed by atoms with Gasteiger partial charge in [0.2, 0.25) is 11.8 Å². The highest BCUT2D eigenvalue weighted by Crippen LogP contribution is 2.07. The van der Waals surface area contributed by atoms with E-state index in [2.05, 4.69) is 15.8 Å². The molecule has 0 saturated heterocycles. The van der Waals surface area contributed by atoms with Crippen molar-refractivity contribution in [1.82, 2.24) is 10.6 Å². The Morgan fingerprint density at radius 1 is 1.35 bits per heavy atom. The molecule has 0 radical (unpaired) electrons. The van der Waals surface area contributed by atoms with Crippen molar-refractivity contribution in [1.29, 1.82) is 0 Å². The molecule has 0 bridgehead atoms. The lowest BCUT2D eigenvalue weighted by atomic mass is 10.0. The molecule has 0 aromatic rings. The van der Waals surface area contributed by atoms with Crippen LogP contribution in [0.3, 0.4) is 0 Å². The molecular weight excluding hydrogens is 260 g/mol. The van der Waals surface area contributed by atoms with Crippen LogP contribution in [0.2, 0.25) is 0 Å². The first-order valence-electron chi connectivity index (χ1n) is 6.77. The largest absolute Gasteiger partial charge is 0.409 e. The fraction of sp³-hybridized carbons (Fsp3) is 0.769. The molecule has 1 atom stereocenters. The molecule has 20 heavy (non-hydrogen) atoms. The summed E-state index contributed by atoms with van der Waals surface area (Å²) in [7, 11) is 0. The lowest BCUT2D eigenvalue weighted by molar-refractivity contribution is -0.124. The first-order chi connectivity index (χ1) is 9.21. The molecule has 1 unspecified atom stereocenters. The SMILES string of the molecule is CCCC(C(=O)NCCC(=O)NC(C)(C)C)C(N)=NO. The third-order valence-corrected chi connectivity index (χ3v) is 2.53. The molecule has 7 heteroatoms. The second-order valence-electron chi connectivity index (χ2n) is 5.71. The zero-order valence-electron chi connectivity index (χ0n) is 12.7. The molecular formula is C13H26N4O3. The Bertz CT molecular complexity index is 361. The molecule has 0 spiro atoms. The lowest BCUT2D eigenvalue weighted by Gasteiger charge is -2.20. The van der Waals surface area contributed by atoms with Crippen LogP contribution in [0, 0.1) is 5.92 Å². The summed E-state index contributed by atoms with van der Waals surface area (Å²) in [6.07, 6.45) is 1.42. The van der Waals surface area contributed by atoms with Gasteiger partial charge >= 0.3 is 0 Å². The Balaban J connectivity index is 4.23. The van der Waals surface area contributed by atoms with Crippen LogP contribution in [0.4, 0.5) is 0 Å². The van der Waals surface area contributed by atoms with Gasteiger partial charge in [-0.25, -0.2) is 0 Å². The maximum atomic E-state index is 11.9. The summed E-state index contributed by atoms with van der Waals surface area (Å²) >= 11 is 0. The Morgan fingerprint density at radius 2 is 1.95 bits per heavy atom. The molecule has 0 rings (SSSR count). The van der Waals surface area contributed by atoms with E-state index < -0.39 is 5.92 Å². The summed E-state index contributed by atoms with van der Waals surface area (Å²) in [5.41, 5.74) is 5.19. The summed E-state index contributed by atoms with van der Waals surface area (Å²) in [5.74, 6) is -1.22. The molecule has 7 nitrogen and oxygen atoms in total. The highest BCUT2D eigenvalue weighted by molar-refractivity contribution is 6.02. The van der Waals surface area contributed by atoms with Crippen molar-refractivity contribution in [2.75, 3.05) is 6.54 Å². The first kappa shape index (κ1) is 18.2. The molecule has 0 aliphatic heterocycles. The highest BCUT2D eigenvalue weighted by Gasteiger charge is 2.22. The summed E-state index contributed by atoms with van der Waals surface area (Å²) in [6, 6.07) is 0. The van der Waals surface area contributed by atoms with Crippen molar-refractivity contribution >= 4 is 17.6 Å². The van der Waals surface area contributed by atoms with Gasteiger partial charge in [0, 0.05) is 18.5 Å². The van der Waals surface area contributed by atoms with Crippen LogP contribution in [-0.2, 0) is 9.59 Å². The number of nitrogens with zero attached hydrogens (tertiary/aromatic N) is 1. The monoisotopic (exact) mass is 286 g/mol. The van der Waals surface area contributed by atoms with Gasteiger partial charge < -0.3 is 21.6 Å². The molecule has 2 amide bonds. The molecule has 0 aliphatic rings. The summed E-state index contributed by atoms with van der Waals surface area (Å²) in [4.78, 5) is 23.5. The number of nitrogens with two attached hydrogens (primary N) is 1. The van der Waals surface area contributed by atoms with Crippen molar-refractivity contribution in [3.63, 3.8) is 0 Å². The predicted octanol–water partition coefficient (Wildman–Crippen LogP) is 0.570. The molecule has 0 heterocycles. The molecule has 0 aliphatic carbocycles. The normalized spacial score (nSPS) is 13.7. The zero-order chi connectivity index (χ0) is 15.8. The number of rotatable bonds is 7. The molecule has 0 fully saturated rings. The number of carbonyl (C=O) groups excluding carboxylic acids is 2. The first-order valence-corrected chi connectivity index (χ1v) is 6.77. The van der Waals surface area contributed by atoms with Crippen LogP contribution < -0.4 is 16.4 Å². The molecule has 5 N–H and O–H groups in total. The van der Waals surface area contributed by atoms with Crippen molar-refractivity contribution in [2.45, 2.75) is 52.5 Å². The van der Waals surface area contributed by atoms with Crippen LogP contribution in [0.25, 0.3) is 0 Å². The third-order valence-electron chi connectivity index (χ3n) is 2.53. The number of amides is 2. The number of nitrogens with one attached hydrogen (secondary N) is 2. The van der Waals surface area contributed by atoms with Crippen LogP contribution in [0.15, 0.2) is 5.16 Å². The van der Waals surface area contributed by atoms with Crippen molar-refractivity contribution in [2.24, 2.45) is 16.8 Å². The Labute approximate surface area is 120 Å². The van der Waals surface area contributed by atoms with Crippen LogP contribution in [0.1, 0.15) is 47.0 Å². The van der Waals surface area contributed by atoms with Gasteiger partial charge in [0.25, 0.3) is 0 Å². The average molecular weight is 286 g/mol. The fourth-order valence-corrected chi connectivity index (χ4v) is 1.67. The second kappa shape index (κ2) is 8.39. The van der Waals surface area contributed by atoms with E-state index in [-0.39, 0.29) is 36.2 Å². The Morgan fingerprint density at radius 3 is 2.40 bits per heavy atom. The second-order valence-corrected chi connectivity index (χ2v) is 5.71. The van der Waals surface area contributed by atoms with Gasteiger partial charge in [0.05, 0.1) is 5.92 Å². The van der Waals surface area contributed by atoms with E-state index in [1.54, 1.807) is 0 Å². The number of amidine groups is 1. The van der Waals surface area contributed by atoms with E-state index in [1.165, 1.54) is 0 Å². The fourth-order valence-electron chi connectivity index (χ4n) is 1.67. The molecule has 0 saturated carbocycles. The van der Waals surface area contributed by atoms with E-state index in [4.69, 9.17) is 10.9 Å². The van der Waals surface area contributed by atoms with E-state index in [0.29, 0.717) is 6.42 Å². The van der Waals surface area contributed by atoms with Gasteiger partial charge in [0.15, 0.2) is 5.84 Å². The summed E-state index contributed by atoms with van der Waals surface area (Å²) < 4.78 is 0. The number of carbonyl (C=O) groups is 2. The molecule has 116 valence electrons. The lowest BCUT2D eigenvalue weighted by Crippen LogP contribution is -2.43. The van der Waals surface area contributed by atoms with Gasteiger partial charge in [-0.3, -0.25) is 9.59 Å². The zero-order valence-corrected chi connectivity index (χ0v) is 12.7. The van der Waals surface area contributed by atoms with Crippen LogP contribution in [-0.4, -0.2) is 34.9 Å². The van der Waals surface area contributed by atoms with Gasteiger partial charge in [0.1, 0.15) is 0 Å². The summed E-state index contributed by atoms with van der Waals surface area (Å²) in [5, 5.41) is 16.9. The standard InChI is InChI=1S/C13H26N4O3/c1-5-6-9(11(14)17-20)12(19)15-8-7-10(18)16-13(2,3)4/h9,20H,5-8H2,1-4H3,(H2,14,17)(H,15,19)(H,16,18). The van der Waals surface area contributed by atoms with Gasteiger partial charge in [-0.15, -0.1) is 0 Å². The van der Waals surface area contributed by atoms with Crippen LogP contribution >= 0.6 is 0 Å². The maximum Gasteiger partial charge on any atom is 0.230 e. The topological polar surface area (TPSA) is 117 Å². The predicted molar refractivity (Wildman–Crippen MR) is 77.3 cm³/mol. The highest BCUT2D eigenvalue weighted by atomic mass is 16.4. The van der Waals surface area contributed by atoms with Gasteiger partial charge in [-0.1, -0.05) is 18.5 Å².